The highest BCUT2D eigenvalue weighted by Gasteiger charge is 2.20. The minimum absolute atomic E-state index is 0.113. The van der Waals surface area contributed by atoms with Gasteiger partial charge in [0.05, 0.1) is 0 Å². The van der Waals surface area contributed by atoms with Crippen LogP contribution in [-0.4, -0.2) is 34.8 Å². The molecule has 0 fully saturated rings. The maximum absolute atomic E-state index is 12.4. The zero-order valence-electron chi connectivity index (χ0n) is 17.5. The van der Waals surface area contributed by atoms with Crippen LogP contribution in [0.1, 0.15) is 48.0 Å². The van der Waals surface area contributed by atoms with Crippen LogP contribution in [0.25, 0.3) is 0 Å². The third kappa shape index (κ3) is 4.98. The molecule has 1 amide bonds. The Balaban J connectivity index is 1.76. The highest BCUT2D eigenvalue weighted by molar-refractivity contribution is 7.99. The van der Waals surface area contributed by atoms with Crippen LogP contribution in [0.15, 0.2) is 59.8 Å². The van der Waals surface area contributed by atoms with E-state index >= 15 is 0 Å². The van der Waals surface area contributed by atoms with Gasteiger partial charge in [-0.3, -0.25) is 9.36 Å². The van der Waals surface area contributed by atoms with Crippen molar-refractivity contribution in [1.82, 2.24) is 14.8 Å². The van der Waals surface area contributed by atoms with Crippen molar-refractivity contribution < 1.29 is 4.79 Å². The SMILES string of the molecule is CC(Sc1nnc(N(C)C)n1C(C)C)c1cccc(NC(=O)c2ccccc2)c1. The molecule has 0 spiro atoms. The molecule has 0 aliphatic rings. The van der Waals surface area contributed by atoms with Crippen molar-refractivity contribution in [2.45, 2.75) is 37.2 Å². The van der Waals surface area contributed by atoms with E-state index in [2.05, 4.69) is 46.9 Å². The van der Waals surface area contributed by atoms with Crippen LogP contribution in [0.5, 0.6) is 0 Å². The Morgan fingerprint density at radius 3 is 2.41 bits per heavy atom. The molecule has 0 saturated heterocycles. The van der Waals surface area contributed by atoms with Crippen molar-refractivity contribution in [2.75, 3.05) is 24.3 Å². The van der Waals surface area contributed by atoms with Crippen LogP contribution >= 0.6 is 11.8 Å². The quantitative estimate of drug-likeness (QED) is 0.555. The maximum atomic E-state index is 12.4. The molecule has 6 nitrogen and oxygen atoms in total. The zero-order chi connectivity index (χ0) is 21.0. The lowest BCUT2D eigenvalue weighted by atomic mass is 10.1. The average Bonchev–Trinajstić information content (AvgIpc) is 3.13. The van der Waals surface area contributed by atoms with E-state index in [9.17, 15) is 4.79 Å². The Morgan fingerprint density at radius 1 is 1.03 bits per heavy atom. The largest absolute Gasteiger partial charge is 0.347 e. The van der Waals surface area contributed by atoms with Gasteiger partial charge in [0.2, 0.25) is 5.95 Å². The molecule has 3 rings (SSSR count). The van der Waals surface area contributed by atoms with Crippen molar-refractivity contribution in [3.05, 3.63) is 65.7 Å². The number of thioether (sulfide) groups is 1. The summed E-state index contributed by atoms with van der Waals surface area (Å²) in [6.45, 7) is 6.40. The first-order valence-corrected chi connectivity index (χ1v) is 10.5. The van der Waals surface area contributed by atoms with Gasteiger partial charge in [0.15, 0.2) is 5.16 Å². The second-order valence-corrected chi connectivity index (χ2v) is 8.65. The number of carbonyl (C=O) groups is 1. The molecular formula is C22H27N5OS. The van der Waals surface area contributed by atoms with Gasteiger partial charge in [-0.15, -0.1) is 10.2 Å². The number of aromatic nitrogens is 3. The van der Waals surface area contributed by atoms with Gasteiger partial charge in [-0.25, -0.2) is 0 Å². The fraction of sp³-hybridized carbons (Fsp3) is 0.318. The van der Waals surface area contributed by atoms with Gasteiger partial charge in [0, 0.05) is 36.6 Å². The summed E-state index contributed by atoms with van der Waals surface area (Å²) in [7, 11) is 3.94. The molecule has 3 aromatic rings. The highest BCUT2D eigenvalue weighted by atomic mass is 32.2. The monoisotopic (exact) mass is 409 g/mol. The van der Waals surface area contributed by atoms with Crippen LogP contribution in [0.2, 0.25) is 0 Å². The predicted octanol–water partition coefficient (Wildman–Crippen LogP) is 5.03. The third-order valence-corrected chi connectivity index (χ3v) is 5.61. The van der Waals surface area contributed by atoms with Gasteiger partial charge >= 0.3 is 0 Å². The Morgan fingerprint density at radius 2 is 1.76 bits per heavy atom. The number of carbonyl (C=O) groups excluding carboxylic acids is 1. The molecule has 1 atom stereocenters. The second kappa shape index (κ2) is 9.13. The van der Waals surface area contributed by atoms with E-state index in [1.807, 2.05) is 55.4 Å². The number of benzene rings is 2. The van der Waals surface area contributed by atoms with Crippen molar-refractivity contribution >= 4 is 29.3 Å². The number of nitrogens with one attached hydrogen (secondary N) is 1. The minimum Gasteiger partial charge on any atom is -0.347 e. The maximum Gasteiger partial charge on any atom is 0.255 e. The topological polar surface area (TPSA) is 63.1 Å². The number of rotatable bonds is 7. The lowest BCUT2D eigenvalue weighted by Gasteiger charge is -2.19. The van der Waals surface area contributed by atoms with Crippen molar-refractivity contribution in [3.63, 3.8) is 0 Å². The first-order chi connectivity index (χ1) is 13.9. The molecule has 1 unspecified atom stereocenters. The van der Waals surface area contributed by atoms with Gasteiger partial charge < -0.3 is 10.2 Å². The summed E-state index contributed by atoms with van der Waals surface area (Å²) in [5.74, 6) is 0.733. The van der Waals surface area contributed by atoms with E-state index in [0.717, 1.165) is 22.4 Å². The Hall–Kier alpha value is -2.80. The van der Waals surface area contributed by atoms with E-state index in [-0.39, 0.29) is 17.2 Å². The van der Waals surface area contributed by atoms with Gasteiger partial charge in [-0.05, 0) is 50.6 Å². The third-order valence-electron chi connectivity index (χ3n) is 4.50. The summed E-state index contributed by atoms with van der Waals surface area (Å²) in [5.41, 5.74) is 2.54. The molecule has 2 aromatic carbocycles. The van der Waals surface area contributed by atoms with Gasteiger partial charge in [0.1, 0.15) is 0 Å². The lowest BCUT2D eigenvalue weighted by molar-refractivity contribution is 0.102. The van der Waals surface area contributed by atoms with Crippen molar-refractivity contribution in [1.29, 1.82) is 0 Å². The number of nitrogens with zero attached hydrogens (tertiary/aromatic N) is 4. The molecule has 1 N–H and O–H groups in total. The second-order valence-electron chi connectivity index (χ2n) is 7.35. The van der Waals surface area contributed by atoms with Crippen LogP contribution in [-0.2, 0) is 0 Å². The summed E-state index contributed by atoms with van der Waals surface area (Å²) < 4.78 is 2.14. The first-order valence-electron chi connectivity index (χ1n) is 9.62. The number of amides is 1. The molecule has 152 valence electrons. The highest BCUT2D eigenvalue weighted by Crippen LogP contribution is 2.37. The summed E-state index contributed by atoms with van der Waals surface area (Å²) >= 11 is 1.66. The van der Waals surface area contributed by atoms with Crippen LogP contribution < -0.4 is 10.2 Å². The zero-order valence-corrected chi connectivity index (χ0v) is 18.3. The molecule has 7 heteroatoms. The molecule has 29 heavy (non-hydrogen) atoms. The minimum atomic E-state index is -0.113. The molecule has 1 aromatic heterocycles. The molecule has 0 saturated carbocycles. The molecule has 0 bridgehead atoms. The van der Waals surface area contributed by atoms with E-state index in [4.69, 9.17) is 0 Å². The number of anilines is 2. The predicted molar refractivity (Wildman–Crippen MR) is 120 cm³/mol. The standard InChI is InChI=1S/C22H27N5OS/c1-15(2)27-21(26(4)5)24-25-22(27)29-16(3)18-12-9-13-19(14-18)23-20(28)17-10-7-6-8-11-17/h6-16H,1-5H3,(H,23,28). The number of hydrogen-bond acceptors (Lipinski definition) is 5. The normalized spacial score (nSPS) is 12.1. The van der Waals surface area contributed by atoms with E-state index in [1.54, 1.807) is 23.9 Å². The van der Waals surface area contributed by atoms with E-state index < -0.39 is 0 Å². The van der Waals surface area contributed by atoms with Crippen molar-refractivity contribution in [3.8, 4) is 0 Å². The van der Waals surface area contributed by atoms with Gasteiger partial charge in [-0.1, -0.05) is 42.1 Å². The van der Waals surface area contributed by atoms with Crippen molar-refractivity contribution in [2.24, 2.45) is 0 Å². The summed E-state index contributed by atoms with van der Waals surface area (Å²) in [6, 6.07) is 17.4. The molecule has 0 aliphatic heterocycles. The number of hydrogen-bond donors (Lipinski definition) is 1. The van der Waals surface area contributed by atoms with Crippen LogP contribution in [0, 0.1) is 0 Å². The average molecular weight is 410 g/mol. The first kappa shape index (κ1) is 20.9. The fourth-order valence-electron chi connectivity index (χ4n) is 2.99. The fourth-order valence-corrected chi connectivity index (χ4v) is 4.09. The molecule has 1 heterocycles. The van der Waals surface area contributed by atoms with Crippen LogP contribution in [0.4, 0.5) is 11.6 Å². The van der Waals surface area contributed by atoms with Crippen LogP contribution in [0.3, 0.4) is 0 Å². The van der Waals surface area contributed by atoms with E-state index in [0.29, 0.717) is 5.56 Å². The molecule has 0 radical (unpaired) electrons. The van der Waals surface area contributed by atoms with Gasteiger partial charge in [0.25, 0.3) is 5.91 Å². The smallest absolute Gasteiger partial charge is 0.255 e. The summed E-state index contributed by atoms with van der Waals surface area (Å²) in [6.07, 6.45) is 0. The molecule has 0 aliphatic carbocycles. The lowest BCUT2D eigenvalue weighted by Crippen LogP contribution is -2.17. The summed E-state index contributed by atoms with van der Waals surface area (Å²) in [4.78, 5) is 14.4. The summed E-state index contributed by atoms with van der Waals surface area (Å²) in [5, 5.41) is 12.7. The Labute approximate surface area is 176 Å². The van der Waals surface area contributed by atoms with E-state index in [1.165, 1.54) is 0 Å². The molecular weight excluding hydrogens is 382 g/mol. The Kier molecular flexibility index (Phi) is 6.59. The Bertz CT molecular complexity index is 968. The van der Waals surface area contributed by atoms with Gasteiger partial charge in [-0.2, -0.15) is 0 Å².